The minimum Gasteiger partial charge on any atom is -0.508 e. The van der Waals surface area contributed by atoms with Crippen LogP contribution in [0.1, 0.15) is 5.56 Å². The number of anilines is 1. The summed E-state index contributed by atoms with van der Waals surface area (Å²) in [6.07, 6.45) is 1.67. The highest BCUT2D eigenvalue weighted by Gasteiger charge is 2.09. The first-order chi connectivity index (χ1) is 10.2. The Hall–Kier alpha value is -2.61. The van der Waals surface area contributed by atoms with Crippen molar-refractivity contribution in [3.8, 4) is 11.4 Å². The van der Waals surface area contributed by atoms with Crippen molar-refractivity contribution in [3.05, 3.63) is 48.2 Å². The lowest BCUT2D eigenvalue weighted by Gasteiger charge is -2.04. The Bertz CT molecular complexity index is 742. The predicted molar refractivity (Wildman–Crippen MR) is 79.0 cm³/mol. The fraction of sp³-hybridized carbons (Fsp3) is 0.0769. The van der Waals surface area contributed by atoms with Crippen molar-refractivity contribution in [1.29, 1.82) is 0 Å². The second-order valence-electron chi connectivity index (χ2n) is 4.27. The van der Waals surface area contributed by atoms with Crippen molar-refractivity contribution in [2.75, 3.05) is 5.73 Å². The number of aromatic nitrogens is 5. The van der Waals surface area contributed by atoms with E-state index in [0.717, 1.165) is 11.3 Å². The summed E-state index contributed by atoms with van der Waals surface area (Å²) in [6, 6.07) is 10.4. The second kappa shape index (κ2) is 5.80. The Balaban J connectivity index is 1.78. The molecule has 0 unspecified atom stereocenters. The maximum atomic E-state index is 9.32. The van der Waals surface area contributed by atoms with E-state index in [2.05, 4.69) is 20.5 Å². The first-order valence-corrected chi connectivity index (χ1v) is 7.12. The molecular formula is C13H12N6OS. The average Bonchev–Trinajstić information content (AvgIpc) is 2.94. The number of tetrazole rings is 1. The Labute approximate surface area is 124 Å². The van der Waals surface area contributed by atoms with Gasteiger partial charge in [-0.15, -0.1) is 5.10 Å². The van der Waals surface area contributed by atoms with Gasteiger partial charge in [0.2, 0.25) is 5.16 Å². The third-order valence-electron chi connectivity index (χ3n) is 2.75. The molecule has 0 saturated heterocycles. The number of nitrogens with zero attached hydrogens (tertiary/aromatic N) is 5. The topological polar surface area (TPSA) is 103 Å². The van der Waals surface area contributed by atoms with Crippen LogP contribution in [-0.4, -0.2) is 30.3 Å². The maximum Gasteiger partial charge on any atom is 0.214 e. The van der Waals surface area contributed by atoms with E-state index in [-0.39, 0.29) is 5.75 Å². The normalized spacial score (nSPS) is 10.7. The molecule has 8 heteroatoms. The molecule has 2 heterocycles. The lowest BCUT2D eigenvalue weighted by atomic mass is 10.3. The highest BCUT2D eigenvalue weighted by Crippen LogP contribution is 2.23. The Morgan fingerprint density at radius 3 is 2.76 bits per heavy atom. The number of hydrogen-bond acceptors (Lipinski definition) is 7. The SMILES string of the molecule is Nc1cc(CSc2nnnn2-c2ccc(O)cc2)ccn1. The van der Waals surface area contributed by atoms with Crippen LogP contribution in [0.25, 0.3) is 5.69 Å². The Morgan fingerprint density at radius 1 is 1.19 bits per heavy atom. The molecule has 3 aromatic rings. The van der Waals surface area contributed by atoms with Gasteiger partial charge in [0.15, 0.2) is 0 Å². The third kappa shape index (κ3) is 3.11. The van der Waals surface area contributed by atoms with Gasteiger partial charge in [-0.25, -0.2) is 4.98 Å². The molecule has 0 fully saturated rings. The number of phenols is 1. The van der Waals surface area contributed by atoms with Crippen LogP contribution >= 0.6 is 11.8 Å². The number of pyridine rings is 1. The molecule has 21 heavy (non-hydrogen) atoms. The van der Waals surface area contributed by atoms with Gasteiger partial charge in [0.25, 0.3) is 0 Å². The average molecular weight is 300 g/mol. The lowest BCUT2D eigenvalue weighted by Crippen LogP contribution is -1.99. The first kappa shape index (κ1) is 13.4. The summed E-state index contributed by atoms with van der Waals surface area (Å²) in [6.45, 7) is 0. The molecule has 1 aromatic carbocycles. The molecule has 106 valence electrons. The number of aromatic hydroxyl groups is 1. The van der Waals surface area contributed by atoms with E-state index < -0.39 is 0 Å². The maximum absolute atomic E-state index is 9.32. The summed E-state index contributed by atoms with van der Waals surface area (Å²) in [5.74, 6) is 1.38. The van der Waals surface area contributed by atoms with E-state index in [1.807, 2.05) is 12.1 Å². The van der Waals surface area contributed by atoms with Crippen molar-refractivity contribution in [2.45, 2.75) is 10.9 Å². The summed E-state index contributed by atoms with van der Waals surface area (Å²) >= 11 is 1.50. The minimum atomic E-state index is 0.202. The Morgan fingerprint density at radius 2 is 2.00 bits per heavy atom. The summed E-state index contributed by atoms with van der Waals surface area (Å²) < 4.78 is 1.62. The van der Waals surface area contributed by atoms with Gasteiger partial charge in [-0.2, -0.15) is 4.68 Å². The van der Waals surface area contributed by atoms with Gasteiger partial charge in [0, 0.05) is 11.9 Å². The van der Waals surface area contributed by atoms with E-state index in [1.54, 1.807) is 35.1 Å². The molecule has 0 aliphatic carbocycles. The second-order valence-corrected chi connectivity index (χ2v) is 5.21. The molecule has 0 bridgehead atoms. The van der Waals surface area contributed by atoms with Crippen LogP contribution in [0.2, 0.25) is 0 Å². The van der Waals surface area contributed by atoms with E-state index in [9.17, 15) is 5.11 Å². The highest BCUT2D eigenvalue weighted by atomic mass is 32.2. The van der Waals surface area contributed by atoms with Crippen LogP contribution in [0.5, 0.6) is 5.75 Å². The zero-order valence-corrected chi connectivity index (χ0v) is 11.7. The molecule has 0 spiro atoms. The van der Waals surface area contributed by atoms with Crippen molar-refractivity contribution in [2.24, 2.45) is 0 Å². The van der Waals surface area contributed by atoms with Crippen LogP contribution in [0.4, 0.5) is 5.82 Å². The molecule has 7 nitrogen and oxygen atoms in total. The van der Waals surface area contributed by atoms with Crippen molar-refractivity contribution >= 4 is 17.6 Å². The molecule has 0 aliphatic heterocycles. The van der Waals surface area contributed by atoms with E-state index in [1.165, 1.54) is 11.8 Å². The number of nitrogens with two attached hydrogens (primary N) is 1. The van der Waals surface area contributed by atoms with Crippen molar-refractivity contribution in [1.82, 2.24) is 25.2 Å². The van der Waals surface area contributed by atoms with Gasteiger partial charge in [0.05, 0.1) is 5.69 Å². The number of thioether (sulfide) groups is 1. The minimum absolute atomic E-state index is 0.202. The molecular weight excluding hydrogens is 288 g/mol. The Kier molecular flexibility index (Phi) is 3.69. The van der Waals surface area contributed by atoms with Gasteiger partial charge in [0.1, 0.15) is 11.6 Å². The summed E-state index contributed by atoms with van der Waals surface area (Å²) in [4.78, 5) is 3.96. The number of phenolic OH excluding ortho intramolecular Hbond substituents is 1. The monoisotopic (exact) mass is 300 g/mol. The van der Waals surface area contributed by atoms with Crippen LogP contribution in [0, 0.1) is 0 Å². The molecule has 2 aromatic heterocycles. The van der Waals surface area contributed by atoms with Crippen molar-refractivity contribution < 1.29 is 5.11 Å². The molecule has 0 amide bonds. The van der Waals surface area contributed by atoms with Crippen LogP contribution in [0.3, 0.4) is 0 Å². The highest BCUT2D eigenvalue weighted by molar-refractivity contribution is 7.98. The zero-order chi connectivity index (χ0) is 14.7. The fourth-order valence-electron chi connectivity index (χ4n) is 1.76. The summed E-state index contributed by atoms with van der Waals surface area (Å²) in [7, 11) is 0. The molecule has 0 radical (unpaired) electrons. The number of benzene rings is 1. The number of nitrogen functional groups attached to an aromatic ring is 1. The molecule has 0 aliphatic rings. The lowest BCUT2D eigenvalue weighted by molar-refractivity contribution is 0.475. The fourth-order valence-corrected chi connectivity index (χ4v) is 2.59. The van der Waals surface area contributed by atoms with Gasteiger partial charge in [-0.05, 0) is 52.4 Å². The van der Waals surface area contributed by atoms with Gasteiger partial charge < -0.3 is 10.8 Å². The summed E-state index contributed by atoms with van der Waals surface area (Å²) in [5, 5.41) is 21.6. The first-order valence-electron chi connectivity index (χ1n) is 6.13. The number of hydrogen-bond donors (Lipinski definition) is 2. The van der Waals surface area contributed by atoms with Gasteiger partial charge in [-0.1, -0.05) is 11.8 Å². The quantitative estimate of drug-likeness (QED) is 0.706. The van der Waals surface area contributed by atoms with Gasteiger partial charge in [-0.3, -0.25) is 0 Å². The molecule has 3 rings (SSSR count). The molecule has 0 atom stereocenters. The third-order valence-corrected chi connectivity index (χ3v) is 3.74. The van der Waals surface area contributed by atoms with Gasteiger partial charge >= 0.3 is 0 Å². The molecule has 3 N–H and O–H groups in total. The van der Waals surface area contributed by atoms with E-state index in [4.69, 9.17) is 5.73 Å². The number of rotatable bonds is 4. The summed E-state index contributed by atoms with van der Waals surface area (Å²) in [5.41, 5.74) is 7.49. The van der Waals surface area contributed by atoms with Crippen molar-refractivity contribution in [3.63, 3.8) is 0 Å². The zero-order valence-electron chi connectivity index (χ0n) is 10.9. The standard InChI is InChI=1S/C13H12N6OS/c14-12-7-9(5-6-15-12)8-21-13-16-17-18-19(13)10-1-3-11(20)4-2-10/h1-7,20H,8H2,(H2,14,15). The van der Waals surface area contributed by atoms with E-state index >= 15 is 0 Å². The van der Waals surface area contributed by atoms with Crippen LogP contribution in [-0.2, 0) is 5.75 Å². The molecule has 0 saturated carbocycles. The smallest absolute Gasteiger partial charge is 0.214 e. The van der Waals surface area contributed by atoms with Crippen LogP contribution in [0.15, 0.2) is 47.8 Å². The van der Waals surface area contributed by atoms with E-state index in [0.29, 0.717) is 16.7 Å². The largest absolute Gasteiger partial charge is 0.508 e. The predicted octanol–water partition coefficient (Wildman–Crippen LogP) is 1.64. The van der Waals surface area contributed by atoms with Crippen LogP contribution < -0.4 is 5.73 Å².